The molecule has 0 unspecified atom stereocenters. The highest BCUT2D eigenvalue weighted by Gasteiger charge is 2.13. The fourth-order valence-corrected chi connectivity index (χ4v) is 2.53. The second kappa shape index (κ2) is 5.99. The van der Waals surface area contributed by atoms with Gasteiger partial charge in [-0.15, -0.1) is 0 Å². The first kappa shape index (κ1) is 14.3. The molecule has 0 spiro atoms. The summed E-state index contributed by atoms with van der Waals surface area (Å²) < 4.78 is 0. The summed E-state index contributed by atoms with van der Waals surface area (Å²) in [6, 6.07) is 12.5. The van der Waals surface area contributed by atoms with Crippen LogP contribution in [0.15, 0.2) is 47.3 Å². The van der Waals surface area contributed by atoms with Crippen LogP contribution >= 0.6 is 0 Å². The molecule has 2 aromatic carbocycles. The molecule has 5 nitrogen and oxygen atoms in total. The number of aromatic amines is 1. The van der Waals surface area contributed by atoms with Crippen molar-refractivity contribution in [2.45, 2.75) is 0 Å². The van der Waals surface area contributed by atoms with Crippen molar-refractivity contribution in [2.75, 3.05) is 20.1 Å². The van der Waals surface area contributed by atoms with E-state index in [9.17, 15) is 9.59 Å². The van der Waals surface area contributed by atoms with Crippen molar-refractivity contribution in [3.05, 3.63) is 58.3 Å². The maximum atomic E-state index is 12.6. The average molecular weight is 295 g/mol. The summed E-state index contributed by atoms with van der Waals surface area (Å²) in [5.74, 6) is -0.188. The smallest absolute Gasteiger partial charge is 0.253 e. The van der Waals surface area contributed by atoms with Gasteiger partial charge in [0.2, 0.25) is 0 Å². The monoisotopic (exact) mass is 295 g/mol. The maximum absolute atomic E-state index is 12.6. The normalized spacial score (nSPS) is 11.0. The maximum Gasteiger partial charge on any atom is 0.253 e. The number of carbonyl (C=O) groups excluding carboxylic acids is 1. The number of amides is 1. The van der Waals surface area contributed by atoms with Gasteiger partial charge >= 0.3 is 0 Å². The molecule has 22 heavy (non-hydrogen) atoms. The predicted octanol–water partition coefficient (Wildman–Crippen LogP) is 1.63. The molecule has 0 saturated heterocycles. The quantitative estimate of drug-likeness (QED) is 0.506. The fourth-order valence-electron chi connectivity index (χ4n) is 2.53. The van der Waals surface area contributed by atoms with Crippen LogP contribution in [0.1, 0.15) is 10.4 Å². The van der Waals surface area contributed by atoms with E-state index in [2.05, 4.69) is 15.6 Å². The molecule has 3 N–H and O–H groups in total. The van der Waals surface area contributed by atoms with Crippen LogP contribution in [0.4, 0.5) is 0 Å². The lowest BCUT2D eigenvalue weighted by Crippen LogP contribution is -2.30. The third-order valence-electron chi connectivity index (χ3n) is 3.65. The van der Waals surface area contributed by atoms with Crippen molar-refractivity contribution in [2.24, 2.45) is 0 Å². The molecular formula is C17H17N3O2. The van der Waals surface area contributed by atoms with Crippen LogP contribution in [0.3, 0.4) is 0 Å². The Morgan fingerprint density at radius 2 is 1.82 bits per heavy atom. The first-order valence-electron chi connectivity index (χ1n) is 7.19. The van der Waals surface area contributed by atoms with E-state index in [1.165, 1.54) is 0 Å². The highest BCUT2D eigenvalue weighted by atomic mass is 16.1. The van der Waals surface area contributed by atoms with Crippen molar-refractivity contribution in [1.29, 1.82) is 0 Å². The lowest BCUT2D eigenvalue weighted by Gasteiger charge is -2.09. The average Bonchev–Trinajstić information content (AvgIpc) is 2.55. The van der Waals surface area contributed by atoms with Gasteiger partial charge in [-0.3, -0.25) is 9.59 Å². The summed E-state index contributed by atoms with van der Waals surface area (Å²) in [5, 5.41) is 6.96. The Morgan fingerprint density at radius 1 is 1.05 bits per heavy atom. The van der Waals surface area contributed by atoms with Crippen molar-refractivity contribution < 1.29 is 4.79 Å². The van der Waals surface area contributed by atoms with Gasteiger partial charge < -0.3 is 15.6 Å². The highest BCUT2D eigenvalue weighted by molar-refractivity contribution is 6.07. The SMILES string of the molecule is CNCCNC(=O)c1cccc2c(=O)c3ccccc3[nH]c12. The molecule has 0 fully saturated rings. The van der Waals surface area contributed by atoms with Crippen LogP contribution in [0, 0.1) is 0 Å². The van der Waals surface area contributed by atoms with Crippen molar-refractivity contribution >= 4 is 27.7 Å². The molecule has 112 valence electrons. The number of rotatable bonds is 4. The summed E-state index contributed by atoms with van der Waals surface area (Å²) in [6.45, 7) is 1.22. The van der Waals surface area contributed by atoms with Gasteiger partial charge in [0.25, 0.3) is 5.91 Å². The highest BCUT2D eigenvalue weighted by Crippen LogP contribution is 2.18. The number of aromatic nitrogens is 1. The first-order chi connectivity index (χ1) is 10.7. The number of fused-ring (bicyclic) bond motifs is 2. The molecule has 3 rings (SSSR count). The van der Waals surface area contributed by atoms with Gasteiger partial charge in [-0.05, 0) is 31.3 Å². The summed E-state index contributed by atoms with van der Waals surface area (Å²) in [7, 11) is 1.83. The molecule has 0 aliphatic rings. The Hall–Kier alpha value is -2.66. The number of carbonyl (C=O) groups is 1. The third-order valence-corrected chi connectivity index (χ3v) is 3.65. The third kappa shape index (κ3) is 2.46. The van der Waals surface area contributed by atoms with Gasteiger partial charge in [-0.25, -0.2) is 0 Å². The second-order valence-corrected chi connectivity index (χ2v) is 5.09. The minimum atomic E-state index is -0.188. The van der Waals surface area contributed by atoms with E-state index in [-0.39, 0.29) is 11.3 Å². The summed E-state index contributed by atoms with van der Waals surface area (Å²) >= 11 is 0. The Morgan fingerprint density at radius 3 is 2.64 bits per heavy atom. The van der Waals surface area contributed by atoms with Gasteiger partial charge in [0, 0.05) is 29.4 Å². The molecule has 0 bridgehead atoms. The fraction of sp³-hybridized carbons (Fsp3) is 0.176. The van der Waals surface area contributed by atoms with Crippen molar-refractivity contribution in [3.63, 3.8) is 0 Å². The zero-order valence-corrected chi connectivity index (χ0v) is 12.3. The minimum absolute atomic E-state index is 0.0609. The summed E-state index contributed by atoms with van der Waals surface area (Å²) in [4.78, 5) is 28.1. The van der Waals surface area contributed by atoms with Crippen LogP contribution in [0.2, 0.25) is 0 Å². The lowest BCUT2D eigenvalue weighted by atomic mass is 10.1. The van der Waals surface area contributed by atoms with E-state index in [0.717, 1.165) is 5.52 Å². The predicted molar refractivity (Wildman–Crippen MR) is 88.3 cm³/mol. The number of pyridine rings is 1. The first-order valence-corrected chi connectivity index (χ1v) is 7.19. The number of para-hydroxylation sites is 2. The largest absolute Gasteiger partial charge is 0.354 e. The molecule has 1 aromatic heterocycles. The van der Waals surface area contributed by atoms with E-state index in [1.807, 2.05) is 25.2 Å². The molecule has 1 heterocycles. The number of likely N-dealkylation sites (N-methyl/N-ethyl adjacent to an activating group) is 1. The van der Waals surface area contributed by atoms with Gasteiger partial charge in [0.05, 0.1) is 11.1 Å². The van der Waals surface area contributed by atoms with Crippen LogP contribution in [0.25, 0.3) is 21.8 Å². The zero-order valence-electron chi connectivity index (χ0n) is 12.3. The number of H-pyrrole nitrogens is 1. The molecule has 0 atom stereocenters. The minimum Gasteiger partial charge on any atom is -0.354 e. The molecule has 0 aliphatic heterocycles. The number of hydrogen-bond donors (Lipinski definition) is 3. The Bertz CT molecular complexity index is 899. The van der Waals surface area contributed by atoms with Crippen LogP contribution in [-0.2, 0) is 0 Å². The summed E-state index contributed by atoms with van der Waals surface area (Å²) in [5.41, 5.74) is 1.73. The van der Waals surface area contributed by atoms with Crippen molar-refractivity contribution in [1.82, 2.24) is 15.6 Å². The molecular weight excluding hydrogens is 278 g/mol. The van der Waals surface area contributed by atoms with Gasteiger partial charge in [0.1, 0.15) is 0 Å². The van der Waals surface area contributed by atoms with Gasteiger partial charge in [-0.2, -0.15) is 0 Å². The summed E-state index contributed by atoms with van der Waals surface area (Å²) in [6.07, 6.45) is 0. The van der Waals surface area contributed by atoms with E-state index in [4.69, 9.17) is 0 Å². The van der Waals surface area contributed by atoms with Gasteiger partial charge in [-0.1, -0.05) is 18.2 Å². The molecule has 1 amide bonds. The Labute approximate surface area is 127 Å². The van der Waals surface area contributed by atoms with Crippen LogP contribution in [0.5, 0.6) is 0 Å². The molecule has 3 aromatic rings. The molecule has 5 heteroatoms. The number of benzene rings is 2. The lowest BCUT2D eigenvalue weighted by molar-refractivity contribution is 0.0955. The van der Waals surface area contributed by atoms with E-state index in [0.29, 0.717) is 34.9 Å². The van der Waals surface area contributed by atoms with E-state index in [1.54, 1.807) is 24.3 Å². The zero-order chi connectivity index (χ0) is 15.5. The molecule has 0 saturated carbocycles. The van der Waals surface area contributed by atoms with Crippen molar-refractivity contribution in [3.8, 4) is 0 Å². The van der Waals surface area contributed by atoms with Crippen LogP contribution < -0.4 is 16.1 Å². The standard InChI is InChI=1S/C17H17N3O2/c1-18-9-10-19-17(22)13-7-4-6-12-15(13)20-14-8-3-2-5-11(14)16(12)21/h2-8,18H,9-10H2,1H3,(H,19,22)(H,20,21). The second-order valence-electron chi connectivity index (χ2n) is 5.09. The van der Waals surface area contributed by atoms with E-state index >= 15 is 0 Å². The topological polar surface area (TPSA) is 74.0 Å². The van der Waals surface area contributed by atoms with E-state index < -0.39 is 0 Å². The molecule has 0 radical (unpaired) electrons. The van der Waals surface area contributed by atoms with Gasteiger partial charge in [0.15, 0.2) is 5.43 Å². The molecule has 0 aliphatic carbocycles. The van der Waals surface area contributed by atoms with Crippen LogP contribution in [-0.4, -0.2) is 31.0 Å². The number of nitrogens with one attached hydrogen (secondary N) is 3. The Balaban J connectivity index is 2.16. The Kier molecular flexibility index (Phi) is 3.89. The number of hydrogen-bond acceptors (Lipinski definition) is 3.